The van der Waals surface area contributed by atoms with Crippen molar-refractivity contribution in [2.75, 3.05) is 0 Å². The fourth-order valence-corrected chi connectivity index (χ4v) is 1.84. The van der Waals surface area contributed by atoms with Crippen molar-refractivity contribution in [1.29, 1.82) is 0 Å². The summed E-state index contributed by atoms with van der Waals surface area (Å²) < 4.78 is 7.24. The molecule has 0 radical (unpaired) electrons. The highest BCUT2D eigenvalue weighted by molar-refractivity contribution is 5.90. The number of hydrogen-bond acceptors (Lipinski definition) is 6. The van der Waals surface area contributed by atoms with Gasteiger partial charge in [0.2, 0.25) is 0 Å². The van der Waals surface area contributed by atoms with Gasteiger partial charge in [-0.2, -0.15) is 0 Å². The number of aromatic nitrogens is 4. The zero-order valence-electron chi connectivity index (χ0n) is 10.8. The van der Waals surface area contributed by atoms with Gasteiger partial charge in [-0.15, -0.1) is 5.10 Å². The topological polar surface area (TPSA) is 106 Å². The second-order valence-corrected chi connectivity index (χ2v) is 4.28. The lowest BCUT2D eigenvalue weighted by Gasteiger charge is -1.94. The maximum atomic E-state index is 10.9. The number of pyridine rings is 1. The summed E-state index contributed by atoms with van der Waals surface area (Å²) in [6.07, 6.45) is 7.65. The zero-order chi connectivity index (χ0) is 14.7. The van der Waals surface area contributed by atoms with Crippen LogP contribution in [0.1, 0.15) is 11.5 Å². The van der Waals surface area contributed by atoms with E-state index in [0.717, 1.165) is 22.8 Å². The van der Waals surface area contributed by atoms with Gasteiger partial charge in [0.15, 0.2) is 0 Å². The molecule has 0 aliphatic rings. The van der Waals surface area contributed by atoms with Gasteiger partial charge in [-0.25, -0.2) is 10.2 Å². The number of carbonyl (C=O) groups excluding carboxylic acids is 1. The van der Waals surface area contributed by atoms with E-state index in [1.807, 2.05) is 6.07 Å². The van der Waals surface area contributed by atoms with Crippen LogP contribution in [0.4, 0.5) is 0 Å². The summed E-state index contributed by atoms with van der Waals surface area (Å²) in [5, 5.41) is 17.1. The molecule has 8 heteroatoms. The number of hydroxylamine groups is 1. The van der Waals surface area contributed by atoms with Gasteiger partial charge in [0.25, 0.3) is 5.91 Å². The summed E-state index contributed by atoms with van der Waals surface area (Å²) in [6.45, 7) is 0.418. The number of nitrogens with zero attached hydrogens (tertiary/aromatic N) is 4. The molecule has 0 bridgehead atoms. The van der Waals surface area contributed by atoms with E-state index in [9.17, 15) is 4.79 Å². The van der Waals surface area contributed by atoms with Crippen molar-refractivity contribution in [1.82, 2.24) is 25.5 Å². The first-order valence-electron chi connectivity index (χ1n) is 6.09. The number of furan rings is 1. The predicted molar refractivity (Wildman–Crippen MR) is 72.1 cm³/mol. The van der Waals surface area contributed by atoms with Crippen molar-refractivity contribution < 1.29 is 14.4 Å². The maximum Gasteiger partial charge on any atom is 0.267 e. The van der Waals surface area contributed by atoms with E-state index in [-0.39, 0.29) is 0 Å². The van der Waals surface area contributed by atoms with E-state index in [4.69, 9.17) is 9.62 Å². The van der Waals surface area contributed by atoms with E-state index in [2.05, 4.69) is 15.3 Å². The van der Waals surface area contributed by atoms with Crippen molar-refractivity contribution in [3.05, 3.63) is 48.3 Å². The van der Waals surface area contributed by atoms with Crippen LogP contribution in [0, 0.1) is 0 Å². The third kappa shape index (κ3) is 2.95. The minimum atomic E-state index is -0.630. The molecule has 3 aromatic heterocycles. The lowest BCUT2D eigenvalue weighted by atomic mass is 10.3. The third-order valence-electron chi connectivity index (χ3n) is 2.76. The van der Waals surface area contributed by atoms with Crippen LogP contribution >= 0.6 is 0 Å². The van der Waals surface area contributed by atoms with Gasteiger partial charge in [0.05, 0.1) is 6.20 Å². The quantitative estimate of drug-likeness (QED) is 0.420. The van der Waals surface area contributed by atoms with Crippen LogP contribution in [0.5, 0.6) is 0 Å². The van der Waals surface area contributed by atoms with Gasteiger partial charge >= 0.3 is 0 Å². The lowest BCUT2D eigenvalue weighted by molar-refractivity contribution is -0.124. The molecule has 0 aliphatic carbocycles. The van der Waals surface area contributed by atoms with E-state index in [1.54, 1.807) is 29.3 Å². The van der Waals surface area contributed by atoms with E-state index in [0.29, 0.717) is 12.2 Å². The average molecular weight is 285 g/mol. The summed E-state index contributed by atoms with van der Waals surface area (Å²) in [7, 11) is 0. The van der Waals surface area contributed by atoms with Crippen molar-refractivity contribution >= 4 is 23.0 Å². The van der Waals surface area contributed by atoms with E-state index < -0.39 is 5.91 Å². The molecule has 0 atom stereocenters. The molecule has 0 aromatic carbocycles. The minimum absolute atomic E-state index is 0.418. The fourth-order valence-electron chi connectivity index (χ4n) is 1.84. The van der Waals surface area contributed by atoms with Crippen LogP contribution in [-0.4, -0.2) is 31.1 Å². The number of rotatable bonds is 4. The highest BCUT2D eigenvalue weighted by atomic mass is 16.5. The Hall–Kier alpha value is -3.00. The number of carbonyl (C=O) groups is 1. The Morgan fingerprint density at radius 2 is 2.43 bits per heavy atom. The molecule has 3 aromatic rings. The summed E-state index contributed by atoms with van der Waals surface area (Å²) in [4.78, 5) is 14.9. The van der Waals surface area contributed by atoms with E-state index in [1.165, 1.54) is 11.6 Å². The van der Waals surface area contributed by atoms with Crippen LogP contribution in [0.2, 0.25) is 0 Å². The van der Waals surface area contributed by atoms with Gasteiger partial charge < -0.3 is 4.42 Å². The van der Waals surface area contributed by atoms with Crippen LogP contribution < -0.4 is 5.48 Å². The fraction of sp³-hybridized carbons (Fsp3) is 0.0769. The molecule has 21 heavy (non-hydrogen) atoms. The lowest BCUT2D eigenvalue weighted by Crippen LogP contribution is -2.14. The Balaban J connectivity index is 1.74. The smallest absolute Gasteiger partial charge is 0.267 e. The molecule has 106 valence electrons. The van der Waals surface area contributed by atoms with Gasteiger partial charge in [-0.05, 0) is 18.2 Å². The largest absolute Gasteiger partial charge is 0.459 e. The molecule has 0 saturated heterocycles. The molecular formula is C13H11N5O3. The third-order valence-corrected chi connectivity index (χ3v) is 2.76. The van der Waals surface area contributed by atoms with Crippen LogP contribution in [0.15, 0.2) is 41.2 Å². The minimum Gasteiger partial charge on any atom is -0.459 e. The molecule has 8 nitrogen and oxygen atoms in total. The first-order valence-corrected chi connectivity index (χ1v) is 6.09. The van der Waals surface area contributed by atoms with E-state index >= 15 is 0 Å². The Morgan fingerprint density at radius 1 is 1.52 bits per heavy atom. The Kier molecular flexibility index (Phi) is 3.44. The summed E-state index contributed by atoms with van der Waals surface area (Å²) >= 11 is 0. The Bertz CT molecular complexity index is 772. The second-order valence-electron chi connectivity index (χ2n) is 4.28. The molecule has 0 fully saturated rings. The molecule has 0 unspecified atom stereocenters. The molecule has 1 amide bonds. The Labute approximate surface area is 118 Å². The predicted octanol–water partition coefficient (Wildman–Crippen LogP) is 0.986. The molecular weight excluding hydrogens is 274 g/mol. The number of nitrogens with one attached hydrogen (secondary N) is 1. The molecule has 3 heterocycles. The first-order chi connectivity index (χ1) is 10.2. The first kappa shape index (κ1) is 13.0. The van der Waals surface area contributed by atoms with Gasteiger partial charge in [-0.1, -0.05) is 5.21 Å². The molecule has 0 saturated carbocycles. The number of hydrogen-bond donors (Lipinski definition) is 2. The van der Waals surface area contributed by atoms with Gasteiger partial charge in [-0.3, -0.25) is 15.0 Å². The summed E-state index contributed by atoms with van der Waals surface area (Å²) in [5.41, 5.74) is 2.76. The average Bonchev–Trinajstić information content (AvgIpc) is 3.10. The van der Waals surface area contributed by atoms with Crippen LogP contribution in [-0.2, 0) is 11.3 Å². The molecule has 0 aliphatic heterocycles. The number of fused-ring (bicyclic) bond motifs is 1. The van der Waals surface area contributed by atoms with Crippen molar-refractivity contribution in [2.45, 2.75) is 6.54 Å². The van der Waals surface area contributed by atoms with Crippen LogP contribution in [0.25, 0.3) is 17.0 Å². The van der Waals surface area contributed by atoms with Gasteiger partial charge in [0.1, 0.15) is 23.6 Å². The summed E-state index contributed by atoms with van der Waals surface area (Å²) in [6, 6.07) is 3.68. The summed E-state index contributed by atoms with van der Waals surface area (Å²) in [5.74, 6) is 0.0980. The van der Waals surface area contributed by atoms with Gasteiger partial charge in [0, 0.05) is 23.9 Å². The highest BCUT2D eigenvalue weighted by Gasteiger charge is 2.06. The normalized spacial score (nSPS) is 11.3. The number of amides is 1. The standard InChI is InChI=1S/C13H11N5O3/c19-13(16-20)2-1-10-7-18(17-15-10)8-11-5-9-6-14-4-3-12(9)21-11/h1-7,20H,8H2,(H,16,19)/b2-1+. The van der Waals surface area contributed by atoms with Crippen molar-refractivity contribution in [3.63, 3.8) is 0 Å². The maximum absolute atomic E-state index is 10.9. The van der Waals surface area contributed by atoms with Crippen LogP contribution in [0.3, 0.4) is 0 Å². The molecule has 2 N–H and O–H groups in total. The zero-order valence-corrected chi connectivity index (χ0v) is 10.8. The monoisotopic (exact) mass is 285 g/mol. The second kappa shape index (κ2) is 5.55. The highest BCUT2D eigenvalue weighted by Crippen LogP contribution is 2.18. The molecule has 3 rings (SSSR count). The van der Waals surface area contributed by atoms with Crippen molar-refractivity contribution in [3.8, 4) is 0 Å². The molecule has 0 spiro atoms. The van der Waals surface area contributed by atoms with Crippen molar-refractivity contribution in [2.24, 2.45) is 0 Å². The SMILES string of the molecule is O=C(/C=C/c1cn(Cc2cc3cnccc3o2)nn1)NO. The Morgan fingerprint density at radius 3 is 3.24 bits per heavy atom.